The minimum Gasteiger partial charge on any atom is -0.397 e. The third-order valence-electron chi connectivity index (χ3n) is 3.75. The Kier molecular flexibility index (Phi) is 4.27. The average molecular weight is 262 g/mol. The number of piperidine rings is 1. The summed E-state index contributed by atoms with van der Waals surface area (Å²) in [6, 6.07) is 5.22. The largest absolute Gasteiger partial charge is 0.397 e. The smallest absolute Gasteiger partial charge is 0.248 e. The first-order valence-electron chi connectivity index (χ1n) is 6.76. The zero-order valence-electron chi connectivity index (χ0n) is 11.1. The second-order valence-electron chi connectivity index (χ2n) is 5.17. The van der Waals surface area contributed by atoms with Crippen molar-refractivity contribution >= 4 is 17.3 Å². The molecule has 1 aliphatic rings. The predicted molar refractivity (Wildman–Crippen MR) is 78.0 cm³/mol. The van der Waals surface area contributed by atoms with Crippen molar-refractivity contribution in [3.63, 3.8) is 0 Å². The first-order valence-corrected chi connectivity index (χ1v) is 6.76. The monoisotopic (exact) mass is 262 g/mol. The Bertz CT molecular complexity index is 459. The van der Waals surface area contributed by atoms with Gasteiger partial charge in [0.25, 0.3) is 0 Å². The molecule has 0 radical (unpaired) electrons. The zero-order chi connectivity index (χ0) is 13.8. The number of nitrogens with two attached hydrogens (primary N) is 3. The van der Waals surface area contributed by atoms with Gasteiger partial charge in [0.05, 0.1) is 11.4 Å². The van der Waals surface area contributed by atoms with Gasteiger partial charge in [0.1, 0.15) is 0 Å². The minimum absolute atomic E-state index is 0.420. The van der Waals surface area contributed by atoms with Crippen LogP contribution < -0.4 is 22.1 Å². The number of anilines is 2. The first kappa shape index (κ1) is 13.7. The summed E-state index contributed by atoms with van der Waals surface area (Å²) >= 11 is 0. The molecule has 1 unspecified atom stereocenters. The lowest BCUT2D eigenvalue weighted by Crippen LogP contribution is -2.36. The van der Waals surface area contributed by atoms with E-state index in [-0.39, 0.29) is 0 Å². The summed E-state index contributed by atoms with van der Waals surface area (Å²) in [5.74, 6) is 0.187. The third kappa shape index (κ3) is 3.17. The second kappa shape index (κ2) is 5.93. The summed E-state index contributed by atoms with van der Waals surface area (Å²) in [7, 11) is 0. The summed E-state index contributed by atoms with van der Waals surface area (Å²) in [6.07, 6.45) is 3.37. The maximum atomic E-state index is 11.3. The molecule has 104 valence electrons. The zero-order valence-corrected chi connectivity index (χ0v) is 11.1. The Balaban J connectivity index is 2.20. The molecule has 0 spiro atoms. The van der Waals surface area contributed by atoms with E-state index in [0.717, 1.165) is 38.2 Å². The SMILES string of the molecule is NCCC1CCCN(c2cc(C(N)=O)ccc2N)C1. The Hall–Kier alpha value is -1.75. The maximum Gasteiger partial charge on any atom is 0.248 e. The van der Waals surface area contributed by atoms with Crippen LogP contribution in [0.1, 0.15) is 29.6 Å². The maximum absolute atomic E-state index is 11.3. The van der Waals surface area contributed by atoms with Crippen molar-refractivity contribution in [3.05, 3.63) is 23.8 Å². The van der Waals surface area contributed by atoms with Crippen molar-refractivity contribution < 1.29 is 4.79 Å². The molecule has 6 N–H and O–H groups in total. The van der Waals surface area contributed by atoms with E-state index < -0.39 is 5.91 Å². The molecule has 0 bridgehead atoms. The lowest BCUT2D eigenvalue weighted by atomic mass is 9.94. The number of amides is 1. The van der Waals surface area contributed by atoms with Gasteiger partial charge in [-0.05, 0) is 49.9 Å². The molecule has 1 aliphatic heterocycles. The third-order valence-corrected chi connectivity index (χ3v) is 3.75. The van der Waals surface area contributed by atoms with Gasteiger partial charge >= 0.3 is 0 Å². The van der Waals surface area contributed by atoms with Gasteiger partial charge in [0.2, 0.25) is 5.91 Å². The van der Waals surface area contributed by atoms with E-state index in [4.69, 9.17) is 17.2 Å². The summed E-state index contributed by atoms with van der Waals surface area (Å²) in [5, 5.41) is 0. The average Bonchev–Trinajstić information content (AvgIpc) is 2.39. The van der Waals surface area contributed by atoms with Crippen molar-refractivity contribution in [3.8, 4) is 0 Å². The van der Waals surface area contributed by atoms with Crippen LogP contribution in [-0.2, 0) is 0 Å². The molecule has 0 aliphatic carbocycles. The van der Waals surface area contributed by atoms with E-state index in [1.807, 2.05) is 0 Å². The summed E-state index contributed by atoms with van der Waals surface area (Å²) < 4.78 is 0. The van der Waals surface area contributed by atoms with Gasteiger partial charge in [-0.15, -0.1) is 0 Å². The number of nitrogens with zero attached hydrogens (tertiary/aromatic N) is 1. The number of carbonyl (C=O) groups excluding carboxylic acids is 1. The molecule has 5 nitrogen and oxygen atoms in total. The minimum atomic E-state index is -0.420. The molecule has 1 aromatic carbocycles. The molecular weight excluding hydrogens is 240 g/mol. The Morgan fingerprint density at radius 2 is 2.21 bits per heavy atom. The van der Waals surface area contributed by atoms with Gasteiger partial charge in [-0.3, -0.25) is 4.79 Å². The fraction of sp³-hybridized carbons (Fsp3) is 0.500. The molecule has 1 fully saturated rings. The van der Waals surface area contributed by atoms with Crippen molar-refractivity contribution in [2.24, 2.45) is 17.4 Å². The molecule has 1 aromatic rings. The van der Waals surface area contributed by atoms with Crippen LogP contribution in [0.3, 0.4) is 0 Å². The first-order chi connectivity index (χ1) is 9.11. The highest BCUT2D eigenvalue weighted by atomic mass is 16.1. The Morgan fingerprint density at radius 1 is 1.42 bits per heavy atom. The standard InChI is InChI=1S/C14H22N4O/c15-6-5-10-2-1-7-18(9-10)13-8-11(14(17)19)3-4-12(13)16/h3-4,8,10H,1-2,5-7,9,15-16H2,(H2,17,19). The molecule has 0 aromatic heterocycles. The Labute approximate surface area is 113 Å². The van der Waals surface area contributed by atoms with Crippen molar-refractivity contribution in [2.45, 2.75) is 19.3 Å². The molecule has 1 heterocycles. The van der Waals surface area contributed by atoms with Crippen molar-refractivity contribution in [1.82, 2.24) is 0 Å². The van der Waals surface area contributed by atoms with Gasteiger partial charge in [0.15, 0.2) is 0 Å². The molecule has 1 saturated heterocycles. The van der Waals surface area contributed by atoms with Crippen molar-refractivity contribution in [2.75, 3.05) is 30.3 Å². The molecule has 2 rings (SSSR count). The van der Waals surface area contributed by atoms with E-state index >= 15 is 0 Å². The van der Waals surface area contributed by atoms with Gasteiger partial charge in [-0.25, -0.2) is 0 Å². The van der Waals surface area contributed by atoms with Gasteiger partial charge in [-0.2, -0.15) is 0 Å². The van der Waals surface area contributed by atoms with Crippen LogP contribution in [-0.4, -0.2) is 25.5 Å². The molecular formula is C14H22N4O. The Morgan fingerprint density at radius 3 is 2.89 bits per heavy atom. The molecule has 5 heteroatoms. The van der Waals surface area contributed by atoms with Crippen LogP contribution >= 0.6 is 0 Å². The van der Waals surface area contributed by atoms with Crippen LogP contribution in [0.15, 0.2) is 18.2 Å². The number of nitrogen functional groups attached to an aromatic ring is 1. The fourth-order valence-corrected chi connectivity index (χ4v) is 2.73. The van der Waals surface area contributed by atoms with Gasteiger partial charge < -0.3 is 22.1 Å². The lowest BCUT2D eigenvalue weighted by molar-refractivity contribution is 0.100. The van der Waals surface area contributed by atoms with Crippen LogP contribution in [0.4, 0.5) is 11.4 Å². The number of rotatable bonds is 4. The summed E-state index contributed by atoms with van der Waals surface area (Å²) in [6.45, 7) is 2.63. The number of benzene rings is 1. The van der Waals surface area contributed by atoms with E-state index in [0.29, 0.717) is 17.2 Å². The number of hydrogen-bond donors (Lipinski definition) is 3. The van der Waals surface area contributed by atoms with E-state index in [1.165, 1.54) is 6.42 Å². The number of carbonyl (C=O) groups is 1. The van der Waals surface area contributed by atoms with Crippen molar-refractivity contribution in [1.29, 1.82) is 0 Å². The molecule has 19 heavy (non-hydrogen) atoms. The number of hydrogen-bond acceptors (Lipinski definition) is 4. The summed E-state index contributed by atoms with van der Waals surface area (Å²) in [4.78, 5) is 13.5. The van der Waals surface area contributed by atoms with Gasteiger partial charge in [-0.1, -0.05) is 0 Å². The molecule has 1 atom stereocenters. The highest BCUT2D eigenvalue weighted by molar-refractivity contribution is 5.95. The highest BCUT2D eigenvalue weighted by Crippen LogP contribution is 2.29. The number of primary amides is 1. The summed E-state index contributed by atoms with van der Waals surface area (Å²) in [5.41, 5.74) is 19.1. The second-order valence-corrected chi connectivity index (χ2v) is 5.17. The quantitative estimate of drug-likeness (QED) is 0.703. The normalized spacial score (nSPS) is 19.4. The van der Waals surface area contributed by atoms with Gasteiger partial charge in [0, 0.05) is 18.7 Å². The van der Waals surface area contributed by atoms with E-state index in [1.54, 1.807) is 18.2 Å². The van der Waals surface area contributed by atoms with Crippen LogP contribution in [0.5, 0.6) is 0 Å². The lowest BCUT2D eigenvalue weighted by Gasteiger charge is -2.35. The fourth-order valence-electron chi connectivity index (χ4n) is 2.73. The molecule has 0 saturated carbocycles. The topological polar surface area (TPSA) is 98.4 Å². The predicted octanol–water partition coefficient (Wildman–Crippen LogP) is 0.933. The van der Waals surface area contributed by atoms with Crippen LogP contribution in [0.25, 0.3) is 0 Å². The van der Waals surface area contributed by atoms with Crippen LogP contribution in [0, 0.1) is 5.92 Å². The van der Waals surface area contributed by atoms with Crippen LogP contribution in [0.2, 0.25) is 0 Å². The molecule has 1 amide bonds. The highest BCUT2D eigenvalue weighted by Gasteiger charge is 2.21. The van der Waals surface area contributed by atoms with E-state index in [2.05, 4.69) is 4.90 Å². The van der Waals surface area contributed by atoms with E-state index in [9.17, 15) is 4.79 Å².